The molecular weight excluding hydrogens is 195 g/mol. The van der Waals surface area contributed by atoms with Crippen molar-refractivity contribution >= 4 is 5.82 Å². The van der Waals surface area contributed by atoms with E-state index in [2.05, 4.69) is 15.4 Å². The van der Waals surface area contributed by atoms with Crippen molar-refractivity contribution < 1.29 is 4.39 Å². The average molecular weight is 206 g/mol. The third-order valence-electron chi connectivity index (χ3n) is 2.12. The molecule has 78 valence electrons. The lowest BCUT2D eigenvalue weighted by molar-refractivity contribution is 0.626. The number of hydrogen-bond donors (Lipinski definition) is 1. The van der Waals surface area contributed by atoms with Crippen molar-refractivity contribution in [3.63, 3.8) is 0 Å². The van der Waals surface area contributed by atoms with Crippen LogP contribution in [-0.4, -0.2) is 21.8 Å². The number of aromatic nitrogens is 3. The number of halogens is 1. The van der Waals surface area contributed by atoms with Gasteiger partial charge in [0.05, 0.1) is 6.20 Å². The van der Waals surface area contributed by atoms with Crippen LogP contribution in [-0.2, 0) is 7.05 Å². The second-order valence-electron chi connectivity index (χ2n) is 3.21. The van der Waals surface area contributed by atoms with E-state index in [0.717, 1.165) is 11.1 Å². The van der Waals surface area contributed by atoms with Gasteiger partial charge in [0, 0.05) is 37.6 Å². The maximum absolute atomic E-state index is 13.4. The van der Waals surface area contributed by atoms with Crippen LogP contribution in [0.5, 0.6) is 0 Å². The van der Waals surface area contributed by atoms with Crippen LogP contribution in [0.1, 0.15) is 0 Å². The van der Waals surface area contributed by atoms with Crippen molar-refractivity contribution in [3.8, 4) is 11.1 Å². The monoisotopic (exact) mass is 206 g/mol. The number of nitrogens with zero attached hydrogens (tertiary/aromatic N) is 3. The van der Waals surface area contributed by atoms with Crippen LogP contribution in [0, 0.1) is 5.82 Å². The Bertz CT molecular complexity index is 478. The SMILES string of the molecule is CNc1ncc(-c2cnn(C)c2)cc1F. The van der Waals surface area contributed by atoms with E-state index in [9.17, 15) is 4.39 Å². The highest BCUT2D eigenvalue weighted by Crippen LogP contribution is 2.21. The van der Waals surface area contributed by atoms with Gasteiger partial charge in [-0.3, -0.25) is 4.68 Å². The molecular formula is C10H11FN4. The fraction of sp³-hybridized carbons (Fsp3) is 0.200. The van der Waals surface area contributed by atoms with Gasteiger partial charge < -0.3 is 5.32 Å². The molecule has 0 aliphatic carbocycles. The van der Waals surface area contributed by atoms with Crippen LogP contribution in [0.25, 0.3) is 11.1 Å². The molecule has 2 heterocycles. The third kappa shape index (κ3) is 1.81. The lowest BCUT2D eigenvalue weighted by Crippen LogP contribution is -1.96. The minimum atomic E-state index is -0.362. The molecule has 0 spiro atoms. The summed E-state index contributed by atoms with van der Waals surface area (Å²) in [5.74, 6) is -0.110. The molecule has 0 radical (unpaired) electrons. The smallest absolute Gasteiger partial charge is 0.166 e. The van der Waals surface area contributed by atoms with E-state index in [1.165, 1.54) is 6.07 Å². The fourth-order valence-electron chi connectivity index (χ4n) is 1.35. The van der Waals surface area contributed by atoms with Crippen molar-refractivity contribution in [1.82, 2.24) is 14.8 Å². The Balaban J connectivity index is 2.42. The summed E-state index contributed by atoms with van der Waals surface area (Å²) < 4.78 is 15.1. The molecule has 0 aliphatic rings. The molecule has 0 aliphatic heterocycles. The molecule has 4 nitrogen and oxygen atoms in total. The Morgan fingerprint density at radius 2 is 2.13 bits per heavy atom. The third-order valence-corrected chi connectivity index (χ3v) is 2.12. The first-order valence-corrected chi connectivity index (χ1v) is 4.53. The van der Waals surface area contributed by atoms with E-state index < -0.39 is 0 Å². The minimum Gasteiger partial charge on any atom is -0.371 e. The number of rotatable bonds is 2. The lowest BCUT2D eigenvalue weighted by Gasteiger charge is -2.02. The molecule has 1 N–H and O–H groups in total. The Morgan fingerprint density at radius 3 is 2.67 bits per heavy atom. The number of anilines is 1. The van der Waals surface area contributed by atoms with E-state index >= 15 is 0 Å². The predicted octanol–water partition coefficient (Wildman–Crippen LogP) is 1.66. The molecule has 0 saturated carbocycles. The Labute approximate surface area is 86.8 Å². The van der Waals surface area contributed by atoms with E-state index in [4.69, 9.17) is 0 Å². The molecule has 0 fully saturated rings. The molecule has 0 atom stereocenters. The summed E-state index contributed by atoms with van der Waals surface area (Å²) >= 11 is 0. The van der Waals surface area contributed by atoms with Gasteiger partial charge in [-0.2, -0.15) is 5.10 Å². The van der Waals surface area contributed by atoms with Gasteiger partial charge in [-0.15, -0.1) is 0 Å². The predicted molar refractivity (Wildman–Crippen MR) is 55.9 cm³/mol. The van der Waals surface area contributed by atoms with Gasteiger partial charge in [0.1, 0.15) is 0 Å². The van der Waals surface area contributed by atoms with Crippen LogP contribution in [0.15, 0.2) is 24.7 Å². The van der Waals surface area contributed by atoms with Crippen molar-refractivity contribution in [2.24, 2.45) is 7.05 Å². The number of hydrogen-bond acceptors (Lipinski definition) is 3. The van der Waals surface area contributed by atoms with E-state index in [1.807, 2.05) is 13.2 Å². The summed E-state index contributed by atoms with van der Waals surface area (Å²) in [5.41, 5.74) is 1.58. The normalized spacial score (nSPS) is 10.3. The number of aryl methyl sites for hydroxylation is 1. The van der Waals surface area contributed by atoms with Gasteiger partial charge in [-0.25, -0.2) is 9.37 Å². The number of nitrogens with one attached hydrogen (secondary N) is 1. The topological polar surface area (TPSA) is 42.7 Å². The highest BCUT2D eigenvalue weighted by atomic mass is 19.1. The van der Waals surface area contributed by atoms with Crippen molar-refractivity contribution in [2.75, 3.05) is 12.4 Å². The van der Waals surface area contributed by atoms with E-state index in [-0.39, 0.29) is 11.6 Å². The van der Waals surface area contributed by atoms with Gasteiger partial charge in [0.15, 0.2) is 11.6 Å². The molecule has 0 unspecified atom stereocenters. The standard InChI is InChI=1S/C10H11FN4/c1-12-10-9(11)3-7(4-13-10)8-5-14-15(2)6-8/h3-6H,1-2H3,(H,12,13). The van der Waals surface area contributed by atoms with Crippen LogP contribution < -0.4 is 5.32 Å². The molecule has 5 heteroatoms. The Morgan fingerprint density at radius 1 is 1.33 bits per heavy atom. The molecule has 15 heavy (non-hydrogen) atoms. The van der Waals surface area contributed by atoms with E-state index in [1.54, 1.807) is 24.1 Å². The van der Waals surface area contributed by atoms with Crippen LogP contribution in [0.4, 0.5) is 10.2 Å². The van der Waals surface area contributed by atoms with Gasteiger partial charge in [0.25, 0.3) is 0 Å². The van der Waals surface area contributed by atoms with Crippen molar-refractivity contribution in [2.45, 2.75) is 0 Å². The second-order valence-corrected chi connectivity index (χ2v) is 3.21. The van der Waals surface area contributed by atoms with Crippen molar-refractivity contribution in [3.05, 3.63) is 30.5 Å². The maximum Gasteiger partial charge on any atom is 0.166 e. The van der Waals surface area contributed by atoms with Gasteiger partial charge >= 0.3 is 0 Å². The van der Waals surface area contributed by atoms with E-state index in [0.29, 0.717) is 0 Å². The summed E-state index contributed by atoms with van der Waals surface area (Å²) in [6.07, 6.45) is 5.11. The zero-order valence-corrected chi connectivity index (χ0v) is 8.53. The molecule has 0 amide bonds. The largest absolute Gasteiger partial charge is 0.371 e. The quantitative estimate of drug-likeness (QED) is 0.812. The maximum atomic E-state index is 13.4. The molecule has 0 aromatic carbocycles. The summed E-state index contributed by atoms with van der Waals surface area (Å²) in [6, 6.07) is 1.44. The summed E-state index contributed by atoms with van der Waals surface area (Å²) in [6.45, 7) is 0. The summed E-state index contributed by atoms with van der Waals surface area (Å²) in [4.78, 5) is 3.96. The summed E-state index contributed by atoms with van der Waals surface area (Å²) in [5, 5.41) is 6.69. The van der Waals surface area contributed by atoms with Gasteiger partial charge in [0.2, 0.25) is 0 Å². The molecule has 0 bridgehead atoms. The first kappa shape index (κ1) is 9.64. The zero-order chi connectivity index (χ0) is 10.8. The first-order valence-electron chi connectivity index (χ1n) is 4.53. The second kappa shape index (κ2) is 3.68. The molecule has 0 saturated heterocycles. The first-order chi connectivity index (χ1) is 7.20. The Hall–Kier alpha value is -1.91. The highest BCUT2D eigenvalue weighted by Gasteiger charge is 2.06. The summed E-state index contributed by atoms with van der Waals surface area (Å²) in [7, 11) is 3.45. The van der Waals surface area contributed by atoms with Gasteiger partial charge in [-0.1, -0.05) is 0 Å². The minimum absolute atomic E-state index is 0.252. The molecule has 2 aromatic rings. The van der Waals surface area contributed by atoms with Gasteiger partial charge in [-0.05, 0) is 6.07 Å². The molecule has 2 aromatic heterocycles. The van der Waals surface area contributed by atoms with Crippen LogP contribution in [0.3, 0.4) is 0 Å². The lowest BCUT2D eigenvalue weighted by atomic mass is 10.1. The highest BCUT2D eigenvalue weighted by molar-refractivity contribution is 5.62. The van der Waals surface area contributed by atoms with Crippen LogP contribution >= 0.6 is 0 Å². The molecule has 2 rings (SSSR count). The zero-order valence-electron chi connectivity index (χ0n) is 8.53. The average Bonchev–Trinajstić information content (AvgIpc) is 2.65. The Kier molecular flexibility index (Phi) is 2.37. The van der Waals surface area contributed by atoms with Crippen molar-refractivity contribution in [1.29, 1.82) is 0 Å². The number of pyridine rings is 1. The van der Waals surface area contributed by atoms with Crippen LogP contribution in [0.2, 0.25) is 0 Å². The fourth-order valence-corrected chi connectivity index (χ4v) is 1.35.